The number of hydrogen-bond donors (Lipinski definition) is 0. The Morgan fingerprint density at radius 3 is 2.62 bits per heavy atom. The van der Waals surface area contributed by atoms with Crippen LogP contribution in [0.3, 0.4) is 0 Å². The molecule has 1 aromatic carbocycles. The number of hydrogen-bond acceptors (Lipinski definition) is 5. The molecule has 1 amide bonds. The SMILES string of the molecule is CC(=O)N1CCc2cc(C(=O)C(C)OC(=O)c3cnn(C)c3C)ccc21. The van der Waals surface area contributed by atoms with Crippen LogP contribution in [0.2, 0.25) is 0 Å². The first kappa shape index (κ1) is 17.8. The Hall–Kier alpha value is -2.96. The summed E-state index contributed by atoms with van der Waals surface area (Å²) in [6, 6.07) is 5.22. The number of anilines is 1. The van der Waals surface area contributed by atoms with Crippen molar-refractivity contribution in [2.75, 3.05) is 11.4 Å². The zero-order valence-electron chi connectivity index (χ0n) is 15.3. The summed E-state index contributed by atoms with van der Waals surface area (Å²) in [5.74, 6) is -0.860. The van der Waals surface area contributed by atoms with Gasteiger partial charge >= 0.3 is 5.97 Å². The van der Waals surface area contributed by atoms with Crippen molar-refractivity contribution in [3.8, 4) is 0 Å². The van der Waals surface area contributed by atoms with Crippen LogP contribution in [0, 0.1) is 6.92 Å². The first-order valence-electron chi connectivity index (χ1n) is 8.44. The molecule has 0 radical (unpaired) electrons. The van der Waals surface area contributed by atoms with E-state index >= 15 is 0 Å². The topological polar surface area (TPSA) is 81.5 Å². The number of benzene rings is 1. The minimum Gasteiger partial charge on any atom is -0.451 e. The second kappa shape index (κ2) is 6.74. The summed E-state index contributed by atoms with van der Waals surface area (Å²) in [7, 11) is 1.73. The van der Waals surface area contributed by atoms with Crippen LogP contribution in [0.15, 0.2) is 24.4 Å². The molecule has 7 nitrogen and oxygen atoms in total. The molecule has 0 bridgehead atoms. The molecule has 0 fully saturated rings. The van der Waals surface area contributed by atoms with Crippen LogP contribution >= 0.6 is 0 Å². The van der Waals surface area contributed by atoms with Gasteiger partial charge < -0.3 is 9.64 Å². The van der Waals surface area contributed by atoms with Gasteiger partial charge in [0.05, 0.1) is 6.20 Å². The lowest BCUT2D eigenvalue weighted by molar-refractivity contribution is -0.116. The van der Waals surface area contributed by atoms with Crippen LogP contribution in [0.25, 0.3) is 0 Å². The highest BCUT2D eigenvalue weighted by Gasteiger charge is 2.26. The van der Waals surface area contributed by atoms with E-state index < -0.39 is 12.1 Å². The Morgan fingerprint density at radius 1 is 1.27 bits per heavy atom. The van der Waals surface area contributed by atoms with Crippen LogP contribution in [0.4, 0.5) is 5.69 Å². The second-order valence-electron chi connectivity index (χ2n) is 6.44. The number of ether oxygens (including phenoxy) is 1. The van der Waals surface area contributed by atoms with Gasteiger partial charge in [0.25, 0.3) is 0 Å². The number of carbonyl (C=O) groups is 3. The van der Waals surface area contributed by atoms with Gasteiger partial charge in [-0.2, -0.15) is 5.10 Å². The monoisotopic (exact) mass is 355 g/mol. The number of rotatable bonds is 4. The highest BCUT2D eigenvalue weighted by molar-refractivity contribution is 6.02. The smallest absolute Gasteiger partial charge is 0.342 e. The fourth-order valence-electron chi connectivity index (χ4n) is 3.09. The summed E-state index contributed by atoms with van der Waals surface area (Å²) < 4.78 is 6.89. The van der Waals surface area contributed by atoms with Gasteiger partial charge in [-0.3, -0.25) is 14.3 Å². The van der Waals surface area contributed by atoms with Gasteiger partial charge in [0, 0.05) is 37.5 Å². The molecule has 0 saturated carbocycles. The van der Waals surface area contributed by atoms with E-state index in [1.165, 1.54) is 13.1 Å². The van der Waals surface area contributed by atoms with E-state index in [1.807, 2.05) is 0 Å². The molecule has 2 heterocycles. The van der Waals surface area contributed by atoms with Crippen LogP contribution in [-0.2, 0) is 23.0 Å². The largest absolute Gasteiger partial charge is 0.451 e. The van der Waals surface area contributed by atoms with Crippen molar-refractivity contribution in [1.82, 2.24) is 9.78 Å². The molecule has 1 aliphatic rings. The molecule has 1 aliphatic heterocycles. The predicted octanol–water partition coefficient (Wildman–Crippen LogP) is 2.07. The molecule has 0 N–H and O–H groups in total. The Balaban J connectivity index is 1.74. The number of aryl methyl sites for hydroxylation is 1. The molecule has 1 unspecified atom stereocenters. The van der Waals surface area contributed by atoms with Gasteiger partial charge in [0.15, 0.2) is 6.10 Å². The maximum Gasteiger partial charge on any atom is 0.342 e. The third-order valence-corrected chi connectivity index (χ3v) is 4.75. The average Bonchev–Trinajstić information content (AvgIpc) is 3.17. The molecule has 0 aliphatic carbocycles. The molecule has 136 valence electrons. The molecule has 26 heavy (non-hydrogen) atoms. The lowest BCUT2D eigenvalue weighted by Crippen LogP contribution is -2.26. The zero-order chi connectivity index (χ0) is 19.0. The number of carbonyl (C=O) groups excluding carboxylic acids is 3. The van der Waals surface area contributed by atoms with Gasteiger partial charge in [-0.25, -0.2) is 4.79 Å². The summed E-state index contributed by atoms with van der Waals surface area (Å²) in [6.45, 7) is 5.46. The maximum atomic E-state index is 12.6. The standard InChI is InChI=1S/C19H21N3O4/c1-11-16(10-20-21(11)4)19(25)26-12(2)18(24)15-5-6-17-14(9-15)7-8-22(17)13(3)23/h5-6,9-10,12H,7-8H2,1-4H3. The van der Waals surface area contributed by atoms with Crippen molar-refractivity contribution in [2.45, 2.75) is 33.3 Å². The van der Waals surface area contributed by atoms with Crippen LogP contribution in [0.1, 0.15) is 45.8 Å². The summed E-state index contributed by atoms with van der Waals surface area (Å²) in [6.07, 6.45) is 1.23. The van der Waals surface area contributed by atoms with Crippen LogP contribution in [0.5, 0.6) is 0 Å². The minimum absolute atomic E-state index is 0.0167. The van der Waals surface area contributed by atoms with E-state index in [1.54, 1.807) is 48.7 Å². The predicted molar refractivity (Wildman–Crippen MR) is 95.3 cm³/mol. The highest BCUT2D eigenvalue weighted by Crippen LogP contribution is 2.29. The third kappa shape index (κ3) is 3.12. The van der Waals surface area contributed by atoms with E-state index in [-0.39, 0.29) is 11.7 Å². The van der Waals surface area contributed by atoms with Crippen LogP contribution < -0.4 is 4.90 Å². The molecule has 2 aromatic rings. The Bertz CT molecular complexity index is 900. The first-order valence-corrected chi connectivity index (χ1v) is 8.44. The van der Waals surface area contributed by atoms with Crippen molar-refractivity contribution in [1.29, 1.82) is 0 Å². The highest BCUT2D eigenvalue weighted by atomic mass is 16.5. The molecule has 1 atom stereocenters. The fraction of sp³-hybridized carbons (Fsp3) is 0.368. The van der Waals surface area contributed by atoms with Crippen molar-refractivity contribution < 1.29 is 19.1 Å². The number of esters is 1. The molecular weight excluding hydrogens is 334 g/mol. The molecule has 0 saturated heterocycles. The van der Waals surface area contributed by atoms with Crippen molar-refractivity contribution in [2.24, 2.45) is 7.05 Å². The lowest BCUT2D eigenvalue weighted by Gasteiger charge is -2.16. The fourth-order valence-corrected chi connectivity index (χ4v) is 3.09. The minimum atomic E-state index is -0.912. The van der Waals surface area contributed by atoms with E-state index in [0.29, 0.717) is 29.8 Å². The normalized spacial score (nSPS) is 14.1. The lowest BCUT2D eigenvalue weighted by atomic mass is 10.0. The first-order chi connectivity index (χ1) is 12.3. The number of amides is 1. The molecule has 3 rings (SSSR count). The summed E-state index contributed by atoms with van der Waals surface area (Å²) in [5, 5.41) is 4.01. The van der Waals surface area contributed by atoms with Crippen molar-refractivity contribution in [3.63, 3.8) is 0 Å². The van der Waals surface area contributed by atoms with E-state index in [2.05, 4.69) is 5.10 Å². The number of nitrogens with zero attached hydrogens (tertiary/aromatic N) is 3. The molecule has 1 aromatic heterocycles. The number of Topliss-reactive ketones (excluding diaryl/α,β-unsaturated/α-hetero) is 1. The van der Waals surface area contributed by atoms with E-state index in [9.17, 15) is 14.4 Å². The summed E-state index contributed by atoms with van der Waals surface area (Å²) in [5.41, 5.74) is 3.28. The van der Waals surface area contributed by atoms with E-state index in [4.69, 9.17) is 4.74 Å². The number of fused-ring (bicyclic) bond motifs is 1. The molecule has 0 spiro atoms. The average molecular weight is 355 g/mol. The Kier molecular flexibility index (Phi) is 4.63. The van der Waals surface area contributed by atoms with Crippen molar-refractivity contribution >= 4 is 23.3 Å². The van der Waals surface area contributed by atoms with E-state index in [0.717, 1.165) is 11.3 Å². The summed E-state index contributed by atoms with van der Waals surface area (Å²) >= 11 is 0. The third-order valence-electron chi connectivity index (χ3n) is 4.75. The molecule has 7 heteroatoms. The Morgan fingerprint density at radius 2 is 2.00 bits per heavy atom. The maximum absolute atomic E-state index is 12.6. The Labute approximate surface area is 151 Å². The van der Waals surface area contributed by atoms with Crippen LogP contribution in [-0.4, -0.2) is 40.1 Å². The second-order valence-corrected chi connectivity index (χ2v) is 6.44. The number of aromatic nitrogens is 2. The summed E-state index contributed by atoms with van der Waals surface area (Å²) in [4.78, 5) is 38.2. The number of ketones is 1. The zero-order valence-corrected chi connectivity index (χ0v) is 15.3. The van der Waals surface area contributed by atoms with Crippen molar-refractivity contribution in [3.05, 3.63) is 46.8 Å². The van der Waals surface area contributed by atoms with Gasteiger partial charge in [-0.15, -0.1) is 0 Å². The van der Waals surface area contributed by atoms with Gasteiger partial charge in [0.2, 0.25) is 11.7 Å². The van der Waals surface area contributed by atoms with Gasteiger partial charge in [0.1, 0.15) is 5.56 Å². The van der Waals surface area contributed by atoms with Gasteiger partial charge in [-0.05, 0) is 44.0 Å². The molecular formula is C19H21N3O4. The van der Waals surface area contributed by atoms with Gasteiger partial charge in [-0.1, -0.05) is 0 Å². The quantitative estimate of drug-likeness (QED) is 0.619.